The van der Waals surface area contributed by atoms with E-state index in [4.69, 9.17) is 27.8 Å². The molecule has 3 aliphatic heterocycles. The van der Waals surface area contributed by atoms with Crippen LogP contribution in [0.4, 0.5) is 0 Å². The van der Waals surface area contributed by atoms with Crippen molar-refractivity contribution in [1.82, 2.24) is 29.4 Å². The van der Waals surface area contributed by atoms with Crippen molar-refractivity contribution in [2.75, 3.05) is 39.8 Å². The summed E-state index contributed by atoms with van der Waals surface area (Å²) in [5.74, 6) is 1.83. The summed E-state index contributed by atoms with van der Waals surface area (Å²) in [5.41, 5.74) is 1.26. The van der Waals surface area contributed by atoms with Crippen molar-refractivity contribution in [3.8, 4) is 45.9 Å². The van der Waals surface area contributed by atoms with Crippen LogP contribution in [0.15, 0.2) is 54.8 Å². The van der Waals surface area contributed by atoms with Crippen molar-refractivity contribution in [2.45, 2.75) is 13.3 Å². The Balaban J connectivity index is 0.973. The summed E-state index contributed by atoms with van der Waals surface area (Å²) >= 11 is 0. The van der Waals surface area contributed by atoms with Gasteiger partial charge in [0.2, 0.25) is 25.4 Å². The Hall–Kier alpha value is -4.56. The molecule has 3 aliphatic rings. The third kappa shape index (κ3) is 4.18. The van der Waals surface area contributed by atoms with Gasteiger partial charge in [0.25, 0.3) is 0 Å². The smallest absolute Gasteiger partial charge is 0.438 e. The minimum Gasteiger partial charge on any atom is -0.454 e. The monoisotopic (exact) mass is 522 g/mol. The van der Waals surface area contributed by atoms with Gasteiger partial charge in [-0.25, -0.2) is 9.59 Å². The van der Waals surface area contributed by atoms with Gasteiger partial charge in [0, 0.05) is 37.3 Å². The molecular formula is C24H22N6O8. The summed E-state index contributed by atoms with van der Waals surface area (Å²) in [6.07, 6.45) is 0. The summed E-state index contributed by atoms with van der Waals surface area (Å²) in [4.78, 5) is 29.0. The zero-order valence-corrected chi connectivity index (χ0v) is 20.1. The molecular weight excluding hydrogens is 500 g/mol. The number of nitrogens with zero attached hydrogens (tertiary/aromatic N) is 6. The molecule has 1 fully saturated rings. The zero-order chi connectivity index (χ0) is 25.6. The predicted octanol–water partition coefficient (Wildman–Crippen LogP) is 1.01. The molecule has 0 aliphatic carbocycles. The van der Waals surface area contributed by atoms with E-state index < -0.39 is 11.5 Å². The maximum atomic E-state index is 12.4. The van der Waals surface area contributed by atoms with Gasteiger partial charge in [0.15, 0.2) is 23.0 Å². The van der Waals surface area contributed by atoms with E-state index >= 15 is 0 Å². The lowest BCUT2D eigenvalue weighted by atomic mass is 10.2. The van der Waals surface area contributed by atoms with Crippen LogP contribution in [-0.2, 0) is 13.3 Å². The largest absolute Gasteiger partial charge is 0.454 e. The highest BCUT2D eigenvalue weighted by Gasteiger charge is 2.23. The fourth-order valence-electron chi connectivity index (χ4n) is 4.53. The fourth-order valence-corrected chi connectivity index (χ4v) is 4.53. The van der Waals surface area contributed by atoms with Crippen LogP contribution in [0.1, 0.15) is 0 Å². The lowest BCUT2D eigenvalue weighted by Gasteiger charge is -2.33. The van der Waals surface area contributed by atoms with Gasteiger partial charge in [-0.05, 0) is 36.4 Å². The van der Waals surface area contributed by atoms with Gasteiger partial charge in [-0.15, -0.1) is 10.2 Å². The Bertz CT molecular complexity index is 1490. The molecule has 0 spiro atoms. The lowest BCUT2D eigenvalue weighted by Crippen LogP contribution is -2.48. The van der Waals surface area contributed by atoms with Crippen molar-refractivity contribution < 1.29 is 27.8 Å². The van der Waals surface area contributed by atoms with Crippen LogP contribution in [0.2, 0.25) is 0 Å². The first-order valence-electron chi connectivity index (χ1n) is 12.0. The molecule has 7 rings (SSSR count). The van der Waals surface area contributed by atoms with Crippen LogP contribution in [0, 0.1) is 0 Å². The molecule has 14 nitrogen and oxygen atoms in total. The highest BCUT2D eigenvalue weighted by molar-refractivity contribution is 5.61. The Morgan fingerprint density at radius 1 is 0.605 bits per heavy atom. The Labute approximate surface area is 214 Å². The average Bonchev–Trinajstić information content (AvgIpc) is 3.72. The number of fused-ring (bicyclic) bond motifs is 2. The molecule has 0 atom stereocenters. The van der Waals surface area contributed by atoms with E-state index in [1.807, 2.05) is 0 Å². The maximum Gasteiger partial charge on any atom is 0.438 e. The topological polar surface area (TPSA) is 139 Å². The lowest BCUT2D eigenvalue weighted by molar-refractivity contribution is 0.0768. The predicted molar refractivity (Wildman–Crippen MR) is 128 cm³/mol. The van der Waals surface area contributed by atoms with Crippen LogP contribution in [0.25, 0.3) is 22.9 Å². The minimum absolute atomic E-state index is 0.162. The van der Waals surface area contributed by atoms with Gasteiger partial charge in [-0.1, -0.05) is 0 Å². The molecule has 5 heterocycles. The number of benzene rings is 2. The average molecular weight is 522 g/mol. The van der Waals surface area contributed by atoms with E-state index in [9.17, 15) is 9.59 Å². The molecule has 2 aromatic heterocycles. The highest BCUT2D eigenvalue weighted by atomic mass is 16.7. The number of hydrogen-bond donors (Lipinski definition) is 0. The second kappa shape index (κ2) is 9.08. The molecule has 4 aromatic rings. The SMILES string of the molecule is O=c1oc(-c2ccc3c(c2)OCO3)nn1CN1CCN(Cn2nc(-c3ccc4c(c3)OCO4)oc2=O)CC1. The third-order valence-corrected chi connectivity index (χ3v) is 6.58. The first-order valence-corrected chi connectivity index (χ1v) is 12.0. The number of piperazine rings is 1. The van der Waals surface area contributed by atoms with E-state index in [1.54, 1.807) is 36.4 Å². The number of ether oxygens (including phenoxy) is 4. The van der Waals surface area contributed by atoms with E-state index in [-0.39, 0.29) is 25.4 Å². The number of hydrogen-bond acceptors (Lipinski definition) is 12. The van der Waals surface area contributed by atoms with Crippen molar-refractivity contribution in [2.24, 2.45) is 0 Å². The molecule has 0 N–H and O–H groups in total. The van der Waals surface area contributed by atoms with Gasteiger partial charge < -0.3 is 27.8 Å². The molecule has 0 saturated carbocycles. The molecule has 0 amide bonds. The van der Waals surface area contributed by atoms with Crippen molar-refractivity contribution in [3.05, 3.63) is 57.5 Å². The van der Waals surface area contributed by atoms with Crippen LogP contribution in [-0.4, -0.2) is 69.1 Å². The first kappa shape index (κ1) is 22.6. The summed E-state index contributed by atoms with van der Waals surface area (Å²) in [6.45, 7) is 3.57. The normalized spacial score (nSPS) is 16.8. The Morgan fingerprint density at radius 3 is 1.47 bits per heavy atom. The van der Waals surface area contributed by atoms with Crippen LogP contribution in [0.5, 0.6) is 23.0 Å². The third-order valence-electron chi connectivity index (χ3n) is 6.58. The summed E-state index contributed by atoms with van der Waals surface area (Å²) in [6, 6.07) is 10.5. The molecule has 0 radical (unpaired) electrons. The standard InChI is InChI=1S/C24H22N6O8/c31-23-29(25-21(37-23)15-1-3-17-19(9-15)35-13-33-17)11-27-5-7-28(8-6-27)12-30-24(32)38-22(26-30)16-2-4-18-20(10-16)36-14-34-18/h1-4,9-10H,5-8,11-14H2. The second-order valence-electron chi connectivity index (χ2n) is 9.00. The molecule has 0 unspecified atom stereocenters. The summed E-state index contributed by atoms with van der Waals surface area (Å²) in [7, 11) is 0. The van der Waals surface area contributed by atoms with E-state index in [1.165, 1.54) is 9.36 Å². The zero-order valence-electron chi connectivity index (χ0n) is 20.1. The summed E-state index contributed by atoms with van der Waals surface area (Å²) < 4.78 is 34.8. The van der Waals surface area contributed by atoms with Gasteiger partial charge in [0.1, 0.15) is 13.3 Å². The quantitative estimate of drug-likeness (QED) is 0.357. The van der Waals surface area contributed by atoms with Gasteiger partial charge in [-0.2, -0.15) is 9.36 Å². The number of aromatic nitrogens is 4. The molecule has 2 aromatic carbocycles. The second-order valence-corrected chi connectivity index (χ2v) is 9.00. The maximum absolute atomic E-state index is 12.4. The van der Waals surface area contributed by atoms with E-state index in [2.05, 4.69) is 20.0 Å². The molecule has 38 heavy (non-hydrogen) atoms. The number of rotatable bonds is 6. The van der Waals surface area contributed by atoms with Crippen LogP contribution >= 0.6 is 0 Å². The van der Waals surface area contributed by atoms with Gasteiger partial charge in [-0.3, -0.25) is 9.80 Å². The minimum atomic E-state index is -0.537. The van der Waals surface area contributed by atoms with Crippen LogP contribution < -0.4 is 30.5 Å². The fraction of sp³-hybridized carbons (Fsp3) is 0.333. The van der Waals surface area contributed by atoms with Crippen molar-refractivity contribution >= 4 is 0 Å². The Morgan fingerprint density at radius 2 is 1.03 bits per heavy atom. The first-order chi connectivity index (χ1) is 18.6. The summed E-state index contributed by atoms with van der Waals surface area (Å²) in [5, 5.41) is 8.70. The molecule has 196 valence electrons. The van der Waals surface area contributed by atoms with E-state index in [0.717, 1.165) is 0 Å². The van der Waals surface area contributed by atoms with Crippen molar-refractivity contribution in [1.29, 1.82) is 0 Å². The van der Waals surface area contributed by atoms with Gasteiger partial charge >= 0.3 is 11.5 Å². The van der Waals surface area contributed by atoms with E-state index in [0.29, 0.717) is 73.6 Å². The Kier molecular flexibility index (Phi) is 5.40. The highest BCUT2D eigenvalue weighted by Crippen LogP contribution is 2.36. The molecule has 0 bridgehead atoms. The van der Waals surface area contributed by atoms with Gasteiger partial charge in [0.05, 0.1) is 0 Å². The molecule has 1 saturated heterocycles. The van der Waals surface area contributed by atoms with Crippen LogP contribution in [0.3, 0.4) is 0 Å². The van der Waals surface area contributed by atoms with Crippen molar-refractivity contribution in [3.63, 3.8) is 0 Å². The molecule has 14 heteroatoms.